The molecule has 1 saturated heterocycles. The third-order valence-electron chi connectivity index (χ3n) is 6.18. The van der Waals surface area contributed by atoms with Crippen molar-refractivity contribution in [3.63, 3.8) is 0 Å². The molecule has 5 heterocycles. The largest absolute Gasteiger partial charge is 0.346 e. The van der Waals surface area contributed by atoms with Crippen molar-refractivity contribution in [2.75, 3.05) is 13.1 Å². The summed E-state index contributed by atoms with van der Waals surface area (Å²) in [5.74, 6) is 0.510. The first kappa shape index (κ1) is 18.8. The summed E-state index contributed by atoms with van der Waals surface area (Å²) in [7, 11) is 0. The zero-order chi connectivity index (χ0) is 20.8. The number of nitrogens with zero attached hydrogens (tertiary/aromatic N) is 5. The first-order chi connectivity index (χ1) is 14.5. The number of H-pyrrole nitrogens is 1. The highest BCUT2D eigenvalue weighted by Crippen LogP contribution is 2.33. The second-order valence-electron chi connectivity index (χ2n) is 8.43. The van der Waals surface area contributed by atoms with Gasteiger partial charge < -0.3 is 9.88 Å². The molecular weight excluding hydrogens is 376 g/mol. The number of amides is 1. The van der Waals surface area contributed by atoms with Crippen LogP contribution < -0.4 is 0 Å². The van der Waals surface area contributed by atoms with Crippen molar-refractivity contribution in [3.8, 4) is 0 Å². The predicted octanol–water partition coefficient (Wildman–Crippen LogP) is 4.22. The molecule has 1 N–H and O–H groups in total. The number of fused-ring (bicyclic) bond motifs is 2. The number of aromatic amines is 1. The fourth-order valence-corrected chi connectivity index (χ4v) is 4.54. The number of aromatic nitrogens is 5. The summed E-state index contributed by atoms with van der Waals surface area (Å²) in [6.45, 7) is 7.57. The van der Waals surface area contributed by atoms with Gasteiger partial charge in [-0.1, -0.05) is 0 Å². The van der Waals surface area contributed by atoms with Crippen LogP contribution in [0, 0.1) is 6.92 Å². The third kappa shape index (κ3) is 3.05. The molecule has 0 saturated carbocycles. The van der Waals surface area contributed by atoms with Crippen LogP contribution in [0.15, 0.2) is 36.8 Å². The van der Waals surface area contributed by atoms with Crippen molar-refractivity contribution in [1.82, 2.24) is 29.6 Å². The third-order valence-corrected chi connectivity index (χ3v) is 6.18. The number of pyridine rings is 2. The molecule has 0 bridgehead atoms. The Kier molecular flexibility index (Phi) is 4.53. The Hall–Kier alpha value is -3.22. The summed E-state index contributed by atoms with van der Waals surface area (Å²) in [5, 5.41) is 6.54. The summed E-state index contributed by atoms with van der Waals surface area (Å²) in [6, 6.07) is 6.28. The van der Waals surface area contributed by atoms with E-state index >= 15 is 0 Å². The quantitative estimate of drug-likeness (QED) is 0.556. The van der Waals surface area contributed by atoms with Crippen LogP contribution in [0.4, 0.5) is 0 Å². The summed E-state index contributed by atoms with van der Waals surface area (Å²) in [4.78, 5) is 27.6. The number of rotatable bonds is 3. The molecule has 7 heteroatoms. The zero-order valence-corrected chi connectivity index (χ0v) is 17.6. The van der Waals surface area contributed by atoms with Crippen molar-refractivity contribution >= 4 is 28.0 Å². The number of carbonyl (C=O) groups is 1. The molecule has 0 aliphatic carbocycles. The van der Waals surface area contributed by atoms with Crippen LogP contribution in [0.3, 0.4) is 0 Å². The minimum Gasteiger partial charge on any atom is -0.346 e. The summed E-state index contributed by atoms with van der Waals surface area (Å²) >= 11 is 0. The van der Waals surface area contributed by atoms with Gasteiger partial charge in [0.1, 0.15) is 5.65 Å². The highest BCUT2D eigenvalue weighted by atomic mass is 16.2. The fourth-order valence-electron chi connectivity index (χ4n) is 4.54. The van der Waals surface area contributed by atoms with Crippen molar-refractivity contribution < 1.29 is 4.79 Å². The zero-order valence-electron chi connectivity index (χ0n) is 17.6. The SMILES string of the molecule is Cc1nc2c(cnn2C(C)C)cc1C(=O)N1CCC(c2c[nH]c3ncccc23)CC1. The van der Waals surface area contributed by atoms with Gasteiger partial charge in [0.25, 0.3) is 5.91 Å². The Balaban J connectivity index is 1.35. The molecule has 5 rings (SSSR count). The van der Waals surface area contributed by atoms with Gasteiger partial charge in [0.15, 0.2) is 5.65 Å². The minimum atomic E-state index is 0.0678. The second kappa shape index (κ2) is 7.23. The number of likely N-dealkylation sites (tertiary alicyclic amines) is 1. The lowest BCUT2D eigenvalue weighted by atomic mass is 9.89. The van der Waals surface area contributed by atoms with E-state index in [1.165, 1.54) is 10.9 Å². The van der Waals surface area contributed by atoms with Gasteiger partial charge in [0, 0.05) is 42.3 Å². The van der Waals surface area contributed by atoms with E-state index in [2.05, 4.69) is 41.2 Å². The van der Waals surface area contributed by atoms with Gasteiger partial charge in [0.2, 0.25) is 0 Å². The Morgan fingerprint density at radius 2 is 2.07 bits per heavy atom. The lowest BCUT2D eigenvalue weighted by Crippen LogP contribution is -2.38. The van der Waals surface area contributed by atoms with E-state index in [1.54, 1.807) is 6.20 Å². The highest BCUT2D eigenvalue weighted by molar-refractivity contribution is 5.98. The molecule has 1 aliphatic rings. The molecule has 0 radical (unpaired) electrons. The molecule has 1 aliphatic heterocycles. The molecule has 0 atom stereocenters. The number of aryl methyl sites for hydroxylation is 1. The van der Waals surface area contributed by atoms with Gasteiger partial charge in [0.05, 0.1) is 17.5 Å². The number of nitrogens with one attached hydrogen (secondary N) is 1. The Bertz CT molecular complexity index is 1230. The molecule has 4 aromatic heterocycles. The predicted molar refractivity (Wildman–Crippen MR) is 117 cm³/mol. The number of piperidine rings is 1. The molecule has 7 nitrogen and oxygen atoms in total. The Morgan fingerprint density at radius 3 is 2.83 bits per heavy atom. The molecule has 4 aromatic rings. The first-order valence-electron chi connectivity index (χ1n) is 10.6. The first-order valence-corrected chi connectivity index (χ1v) is 10.6. The van der Waals surface area contributed by atoms with E-state index in [0.29, 0.717) is 11.5 Å². The maximum absolute atomic E-state index is 13.3. The maximum Gasteiger partial charge on any atom is 0.255 e. The van der Waals surface area contributed by atoms with Crippen molar-refractivity contribution in [2.24, 2.45) is 0 Å². The van der Waals surface area contributed by atoms with Gasteiger partial charge in [-0.25, -0.2) is 14.6 Å². The van der Waals surface area contributed by atoms with Crippen molar-refractivity contribution in [2.45, 2.75) is 45.6 Å². The van der Waals surface area contributed by atoms with Crippen LogP contribution >= 0.6 is 0 Å². The van der Waals surface area contributed by atoms with E-state index in [-0.39, 0.29) is 11.9 Å². The van der Waals surface area contributed by atoms with Gasteiger partial charge >= 0.3 is 0 Å². The van der Waals surface area contributed by atoms with Gasteiger partial charge in [-0.05, 0) is 63.3 Å². The van der Waals surface area contributed by atoms with Crippen LogP contribution in [0.25, 0.3) is 22.1 Å². The van der Waals surface area contributed by atoms with Crippen LogP contribution in [0.2, 0.25) is 0 Å². The standard InChI is InChI=1S/C23H26N6O/c1-14(2)29-22-17(12-26-29)11-19(15(3)27-22)23(30)28-9-6-16(7-10-28)20-13-25-21-18(20)5-4-8-24-21/h4-5,8,11-14,16H,6-7,9-10H2,1-3H3,(H,24,25). The van der Waals surface area contributed by atoms with E-state index in [0.717, 1.165) is 48.3 Å². The molecule has 154 valence electrons. The van der Waals surface area contributed by atoms with E-state index in [9.17, 15) is 4.79 Å². The maximum atomic E-state index is 13.3. The summed E-state index contributed by atoms with van der Waals surface area (Å²) in [6.07, 6.45) is 7.59. The van der Waals surface area contributed by atoms with E-state index in [1.807, 2.05) is 34.8 Å². The smallest absolute Gasteiger partial charge is 0.255 e. The molecule has 0 unspecified atom stereocenters. The van der Waals surface area contributed by atoms with E-state index in [4.69, 9.17) is 4.98 Å². The molecule has 1 fully saturated rings. The lowest BCUT2D eigenvalue weighted by Gasteiger charge is -2.32. The van der Waals surface area contributed by atoms with Gasteiger partial charge in [-0.2, -0.15) is 5.10 Å². The van der Waals surface area contributed by atoms with Gasteiger partial charge in [-0.15, -0.1) is 0 Å². The van der Waals surface area contributed by atoms with Crippen molar-refractivity contribution in [3.05, 3.63) is 53.6 Å². The Labute approximate surface area is 175 Å². The molecule has 1 amide bonds. The highest BCUT2D eigenvalue weighted by Gasteiger charge is 2.27. The molecular formula is C23H26N6O. The summed E-state index contributed by atoms with van der Waals surface area (Å²) < 4.78 is 1.90. The normalized spacial score (nSPS) is 15.5. The van der Waals surface area contributed by atoms with Crippen molar-refractivity contribution in [1.29, 1.82) is 0 Å². The van der Waals surface area contributed by atoms with Gasteiger partial charge in [-0.3, -0.25) is 4.79 Å². The van der Waals surface area contributed by atoms with Crippen LogP contribution in [-0.2, 0) is 0 Å². The Morgan fingerprint density at radius 1 is 1.27 bits per heavy atom. The second-order valence-corrected chi connectivity index (χ2v) is 8.43. The average Bonchev–Trinajstić information content (AvgIpc) is 3.37. The molecule has 0 spiro atoms. The van der Waals surface area contributed by atoms with Crippen LogP contribution in [-0.4, -0.2) is 48.6 Å². The number of hydrogen-bond acceptors (Lipinski definition) is 4. The average molecular weight is 403 g/mol. The number of hydrogen-bond donors (Lipinski definition) is 1. The monoisotopic (exact) mass is 402 g/mol. The fraction of sp³-hybridized carbons (Fsp3) is 0.391. The molecule has 0 aromatic carbocycles. The van der Waals surface area contributed by atoms with E-state index < -0.39 is 0 Å². The lowest BCUT2D eigenvalue weighted by molar-refractivity contribution is 0.0712. The van der Waals surface area contributed by atoms with Crippen LogP contribution in [0.1, 0.15) is 60.3 Å². The van der Waals surface area contributed by atoms with Crippen LogP contribution in [0.5, 0.6) is 0 Å². The number of carbonyl (C=O) groups excluding carboxylic acids is 1. The minimum absolute atomic E-state index is 0.0678. The topological polar surface area (TPSA) is 79.7 Å². The molecule has 30 heavy (non-hydrogen) atoms. The summed E-state index contributed by atoms with van der Waals surface area (Å²) in [5.41, 5.74) is 4.53.